The minimum Gasteiger partial charge on any atom is -0.325 e. The molecule has 1 nitrogen and oxygen atoms in total. The Morgan fingerprint density at radius 3 is 2.39 bits per heavy atom. The van der Waals surface area contributed by atoms with E-state index >= 15 is 0 Å². The number of alkyl halides is 1. The molecular weight excluding hydrogens is 239 g/mol. The molecule has 18 heavy (non-hydrogen) atoms. The van der Waals surface area contributed by atoms with Crippen molar-refractivity contribution >= 4 is 0 Å². The third-order valence-electron chi connectivity index (χ3n) is 3.21. The molecule has 0 saturated carbocycles. The van der Waals surface area contributed by atoms with Crippen LogP contribution in [0.1, 0.15) is 18.4 Å². The Balaban J connectivity index is 2.43. The molecule has 1 aliphatic carbocycles. The molecule has 0 saturated heterocycles. The average Bonchev–Trinajstić information content (AvgIpc) is 2.30. The van der Waals surface area contributed by atoms with Crippen LogP contribution in [0.5, 0.6) is 0 Å². The summed E-state index contributed by atoms with van der Waals surface area (Å²) in [6.45, 7) is 1.49. The second kappa shape index (κ2) is 4.61. The van der Waals surface area contributed by atoms with Crippen LogP contribution in [0.2, 0.25) is 0 Å². The first-order valence-corrected chi connectivity index (χ1v) is 5.70. The number of halogens is 3. The number of hydrogen-bond acceptors (Lipinski definition) is 1. The molecule has 0 amide bonds. The third-order valence-corrected chi connectivity index (χ3v) is 3.21. The third kappa shape index (κ3) is 2.20. The maximum absolute atomic E-state index is 14.8. The minimum atomic E-state index is -2.00. The van der Waals surface area contributed by atoms with Crippen molar-refractivity contribution < 1.29 is 13.2 Å². The van der Waals surface area contributed by atoms with Crippen LogP contribution in [0.15, 0.2) is 48.3 Å². The molecule has 0 bridgehead atoms. The van der Waals surface area contributed by atoms with Gasteiger partial charge in [0, 0.05) is 12.0 Å². The fraction of sp³-hybridized carbons (Fsp3) is 0.286. The van der Waals surface area contributed by atoms with Gasteiger partial charge in [-0.15, -0.1) is 0 Å². The number of nitrogens with two attached hydrogens (primary N) is 1. The molecule has 0 aromatic heterocycles. The van der Waals surface area contributed by atoms with Gasteiger partial charge in [0.1, 0.15) is 11.6 Å². The number of benzene rings is 1. The smallest absolute Gasteiger partial charge is 0.157 e. The summed E-state index contributed by atoms with van der Waals surface area (Å²) in [5.74, 6) is -1.75. The predicted molar refractivity (Wildman–Crippen MR) is 65.0 cm³/mol. The van der Waals surface area contributed by atoms with E-state index in [9.17, 15) is 13.2 Å². The summed E-state index contributed by atoms with van der Waals surface area (Å²) in [6, 6.07) is 4.60. The Bertz CT molecular complexity index is 490. The van der Waals surface area contributed by atoms with Crippen molar-refractivity contribution in [3.8, 4) is 0 Å². The van der Waals surface area contributed by atoms with Crippen molar-refractivity contribution in [2.45, 2.75) is 24.6 Å². The lowest BCUT2D eigenvalue weighted by atomic mass is 9.76. The van der Waals surface area contributed by atoms with E-state index in [1.54, 1.807) is 0 Å². The summed E-state index contributed by atoms with van der Waals surface area (Å²) in [4.78, 5) is 0. The SMILES string of the molecule is CC(N)C1(F)C=C(F)C=CC1c1ccc(F)cc1. The fourth-order valence-electron chi connectivity index (χ4n) is 2.14. The highest BCUT2D eigenvalue weighted by Gasteiger charge is 2.42. The molecule has 3 atom stereocenters. The average molecular weight is 253 g/mol. The lowest BCUT2D eigenvalue weighted by Gasteiger charge is -2.35. The molecule has 0 aliphatic heterocycles. The van der Waals surface area contributed by atoms with Gasteiger partial charge in [-0.3, -0.25) is 0 Å². The topological polar surface area (TPSA) is 26.0 Å². The number of rotatable bonds is 2. The summed E-state index contributed by atoms with van der Waals surface area (Å²) < 4.78 is 40.9. The molecule has 4 heteroatoms. The molecule has 2 rings (SSSR count). The van der Waals surface area contributed by atoms with E-state index in [1.165, 1.54) is 43.3 Å². The molecule has 3 unspecified atom stereocenters. The molecule has 1 aromatic rings. The van der Waals surface area contributed by atoms with Gasteiger partial charge in [-0.25, -0.2) is 13.2 Å². The van der Waals surface area contributed by atoms with Gasteiger partial charge in [0.05, 0.1) is 0 Å². The molecular formula is C14H14F3N. The highest BCUT2D eigenvalue weighted by Crippen LogP contribution is 2.40. The number of hydrogen-bond donors (Lipinski definition) is 1. The first-order chi connectivity index (χ1) is 8.43. The van der Waals surface area contributed by atoms with Crippen LogP contribution in [-0.2, 0) is 0 Å². The summed E-state index contributed by atoms with van der Waals surface area (Å²) in [6.07, 6.45) is 3.52. The zero-order valence-corrected chi connectivity index (χ0v) is 9.91. The molecule has 96 valence electrons. The Labute approximate surface area is 104 Å². The highest BCUT2D eigenvalue weighted by molar-refractivity contribution is 5.39. The van der Waals surface area contributed by atoms with E-state index in [4.69, 9.17) is 5.73 Å². The van der Waals surface area contributed by atoms with Gasteiger partial charge in [-0.1, -0.05) is 18.2 Å². The normalized spacial score (nSPS) is 28.9. The molecule has 1 aromatic carbocycles. The van der Waals surface area contributed by atoms with Gasteiger partial charge in [-0.05, 0) is 36.8 Å². The molecule has 0 radical (unpaired) electrons. The van der Waals surface area contributed by atoms with Gasteiger partial charge in [0.15, 0.2) is 5.67 Å². The van der Waals surface area contributed by atoms with Gasteiger partial charge in [0.25, 0.3) is 0 Å². The van der Waals surface area contributed by atoms with Crippen LogP contribution in [0, 0.1) is 5.82 Å². The van der Waals surface area contributed by atoms with Crippen molar-refractivity contribution in [2.75, 3.05) is 0 Å². The summed E-state index contributed by atoms with van der Waals surface area (Å²) in [5, 5.41) is 0. The zero-order chi connectivity index (χ0) is 13.3. The summed E-state index contributed by atoms with van der Waals surface area (Å²) in [5.41, 5.74) is 4.19. The molecule has 0 spiro atoms. The van der Waals surface area contributed by atoms with E-state index in [1.807, 2.05) is 0 Å². The second-order valence-corrected chi connectivity index (χ2v) is 4.53. The molecule has 2 N–H and O–H groups in total. The van der Waals surface area contributed by atoms with E-state index in [0.29, 0.717) is 5.56 Å². The van der Waals surface area contributed by atoms with Crippen molar-refractivity contribution in [3.05, 3.63) is 59.7 Å². The monoisotopic (exact) mass is 253 g/mol. The molecule has 1 aliphatic rings. The summed E-state index contributed by atoms with van der Waals surface area (Å²) in [7, 11) is 0. The first kappa shape index (κ1) is 12.9. The largest absolute Gasteiger partial charge is 0.325 e. The van der Waals surface area contributed by atoms with Gasteiger partial charge < -0.3 is 5.73 Å². The Kier molecular flexibility index (Phi) is 3.30. The van der Waals surface area contributed by atoms with Crippen molar-refractivity contribution in [1.29, 1.82) is 0 Å². The lowest BCUT2D eigenvalue weighted by molar-refractivity contribution is 0.167. The maximum atomic E-state index is 14.8. The minimum absolute atomic E-state index is 0.398. The van der Waals surface area contributed by atoms with Gasteiger partial charge in [0.2, 0.25) is 0 Å². The van der Waals surface area contributed by atoms with Crippen molar-refractivity contribution in [1.82, 2.24) is 0 Å². The Morgan fingerprint density at radius 2 is 1.83 bits per heavy atom. The predicted octanol–water partition coefficient (Wildman–Crippen LogP) is 3.39. The Hall–Kier alpha value is -1.55. The molecule has 0 heterocycles. The van der Waals surface area contributed by atoms with Crippen LogP contribution in [-0.4, -0.2) is 11.7 Å². The molecule has 0 fully saturated rings. The second-order valence-electron chi connectivity index (χ2n) is 4.53. The summed E-state index contributed by atoms with van der Waals surface area (Å²) >= 11 is 0. The van der Waals surface area contributed by atoms with E-state index < -0.39 is 29.3 Å². The van der Waals surface area contributed by atoms with Gasteiger partial charge >= 0.3 is 0 Å². The lowest BCUT2D eigenvalue weighted by Crippen LogP contribution is -2.46. The Morgan fingerprint density at radius 1 is 1.22 bits per heavy atom. The van der Waals surface area contributed by atoms with Crippen LogP contribution in [0.4, 0.5) is 13.2 Å². The van der Waals surface area contributed by atoms with Crippen molar-refractivity contribution in [2.24, 2.45) is 5.73 Å². The zero-order valence-electron chi connectivity index (χ0n) is 9.91. The van der Waals surface area contributed by atoms with Crippen LogP contribution < -0.4 is 5.73 Å². The van der Waals surface area contributed by atoms with Crippen molar-refractivity contribution in [3.63, 3.8) is 0 Å². The van der Waals surface area contributed by atoms with E-state index in [-0.39, 0.29) is 0 Å². The van der Waals surface area contributed by atoms with E-state index in [0.717, 1.165) is 6.08 Å². The standard InChI is InChI=1S/C14H14F3N/c1-9(18)14(17)8-12(16)6-7-13(14)10-2-4-11(15)5-3-10/h2-9,13H,18H2,1H3. The quantitative estimate of drug-likeness (QED) is 0.859. The fourth-order valence-corrected chi connectivity index (χ4v) is 2.14. The van der Waals surface area contributed by atoms with E-state index in [2.05, 4.69) is 0 Å². The van der Waals surface area contributed by atoms with Crippen LogP contribution >= 0.6 is 0 Å². The van der Waals surface area contributed by atoms with Crippen LogP contribution in [0.25, 0.3) is 0 Å². The first-order valence-electron chi connectivity index (χ1n) is 5.70. The van der Waals surface area contributed by atoms with Gasteiger partial charge in [-0.2, -0.15) is 0 Å². The van der Waals surface area contributed by atoms with Crippen LogP contribution in [0.3, 0.4) is 0 Å². The highest BCUT2D eigenvalue weighted by atomic mass is 19.1. The maximum Gasteiger partial charge on any atom is 0.157 e. The number of allylic oxidation sites excluding steroid dienone is 3.